The normalized spacial score (nSPS) is 12.2. The number of nitrogens with zero attached hydrogens (tertiary/aromatic N) is 2. The Kier molecular flexibility index (Phi) is 21.0. The van der Waals surface area contributed by atoms with Gasteiger partial charge >= 0.3 is 0 Å². The SMILES string of the molecule is CCn1c2ccc(-c3ccccc3)cc2c2cc(-c3ccc(-c4c5ccc(C(C)(C)C)cc5c(-c5ccc(-c6ccc(-c7ccccc7)cc6)cc5)c5ccc(C(C)(C)C)cc45)cc3)ccc21.CCn1c2ccc(-c3ccccc3)cc2c2cc(-c3ccc(-c4c5ccc(C(C)(C)C)cc5c(-c5ccc(-c6ccccc6)cc5)c5ccc(C(C)(C)C)cc45)cc3)ccc21. The van der Waals surface area contributed by atoms with Crippen LogP contribution in [0.3, 0.4) is 0 Å². The van der Waals surface area contributed by atoms with Crippen molar-refractivity contribution < 1.29 is 0 Å². The molecule has 128 heavy (non-hydrogen) atoms. The lowest BCUT2D eigenvalue weighted by Gasteiger charge is -2.25. The molecule has 19 aromatic carbocycles. The van der Waals surface area contributed by atoms with E-state index in [1.54, 1.807) is 0 Å². The molecule has 624 valence electrons. The Morgan fingerprint density at radius 1 is 0.148 bits per heavy atom. The van der Waals surface area contributed by atoms with Gasteiger partial charge in [0.15, 0.2) is 0 Å². The van der Waals surface area contributed by atoms with Gasteiger partial charge in [0.2, 0.25) is 0 Å². The van der Waals surface area contributed by atoms with Gasteiger partial charge in [-0.3, -0.25) is 0 Å². The van der Waals surface area contributed by atoms with Crippen molar-refractivity contribution in [1.29, 1.82) is 0 Å². The minimum atomic E-state index is -0.0142. The van der Waals surface area contributed by atoms with Crippen LogP contribution in [-0.4, -0.2) is 9.13 Å². The number of hydrogen-bond acceptors (Lipinski definition) is 0. The third-order valence-electron chi connectivity index (χ3n) is 27.1. The van der Waals surface area contributed by atoms with Crippen LogP contribution in [0.5, 0.6) is 0 Å². The number of rotatable bonds is 13. The van der Waals surface area contributed by atoms with Crippen LogP contribution in [0, 0.1) is 0 Å². The summed E-state index contributed by atoms with van der Waals surface area (Å²) in [4.78, 5) is 0. The van der Waals surface area contributed by atoms with E-state index in [0.717, 1.165) is 13.1 Å². The van der Waals surface area contributed by atoms with Crippen LogP contribution in [-0.2, 0) is 34.7 Å². The minimum absolute atomic E-state index is 0.000730. The van der Waals surface area contributed by atoms with Crippen molar-refractivity contribution >= 4 is 86.7 Å². The van der Waals surface area contributed by atoms with Crippen LogP contribution in [0.4, 0.5) is 0 Å². The molecule has 0 saturated heterocycles. The predicted octanol–water partition coefficient (Wildman–Crippen LogP) is 35.8. The molecule has 0 aliphatic rings. The van der Waals surface area contributed by atoms with Crippen LogP contribution in [0.1, 0.15) is 119 Å². The molecule has 0 bridgehead atoms. The van der Waals surface area contributed by atoms with Gasteiger partial charge < -0.3 is 9.13 Å². The molecule has 2 heteroatoms. The quantitative estimate of drug-likeness (QED) is 0.102. The molecule has 2 heterocycles. The smallest absolute Gasteiger partial charge is 0.0491 e. The summed E-state index contributed by atoms with van der Waals surface area (Å²) in [7, 11) is 0. The molecule has 0 atom stereocenters. The first-order valence-corrected chi connectivity index (χ1v) is 45.8. The maximum atomic E-state index is 2.48. The molecule has 2 nitrogen and oxygen atoms in total. The van der Waals surface area contributed by atoms with Gasteiger partial charge in [0.05, 0.1) is 0 Å². The first kappa shape index (κ1) is 82.1. The lowest BCUT2D eigenvalue weighted by Crippen LogP contribution is -2.11. The Balaban J connectivity index is 0.000000161. The number of benzene rings is 19. The largest absolute Gasteiger partial charge is 0.341 e. The molecule has 2 aromatic heterocycles. The molecule has 0 aliphatic heterocycles. The topological polar surface area (TPSA) is 9.86 Å². The fraction of sp³-hybridized carbons (Fsp3) is 0.159. The highest BCUT2D eigenvalue weighted by atomic mass is 15.0. The van der Waals surface area contributed by atoms with Crippen LogP contribution in [0.25, 0.3) is 209 Å². The van der Waals surface area contributed by atoms with Gasteiger partial charge in [-0.1, -0.05) is 399 Å². The molecule has 0 unspecified atom stereocenters. The van der Waals surface area contributed by atoms with Crippen molar-refractivity contribution in [3.63, 3.8) is 0 Å². The highest BCUT2D eigenvalue weighted by Crippen LogP contribution is 2.51. The van der Waals surface area contributed by atoms with Gasteiger partial charge in [-0.15, -0.1) is 0 Å². The molecule has 0 saturated carbocycles. The Morgan fingerprint density at radius 3 is 0.500 bits per heavy atom. The number of hydrogen-bond donors (Lipinski definition) is 0. The molecule has 0 aliphatic carbocycles. The predicted molar refractivity (Wildman–Crippen MR) is 555 cm³/mol. The number of fused-ring (bicyclic) bond motifs is 10. The summed E-state index contributed by atoms with van der Waals surface area (Å²) in [6.45, 7) is 34.2. The monoisotopic (exact) mass is 1650 g/mol. The summed E-state index contributed by atoms with van der Waals surface area (Å²) < 4.78 is 4.89. The second-order valence-corrected chi connectivity index (χ2v) is 39.3. The minimum Gasteiger partial charge on any atom is -0.341 e. The molecule has 0 radical (unpaired) electrons. The summed E-state index contributed by atoms with van der Waals surface area (Å²) >= 11 is 0. The second-order valence-electron chi connectivity index (χ2n) is 39.3. The third-order valence-corrected chi connectivity index (χ3v) is 27.1. The fourth-order valence-electron chi connectivity index (χ4n) is 19.9. The van der Waals surface area contributed by atoms with E-state index in [2.05, 4.69) is 494 Å². The van der Waals surface area contributed by atoms with E-state index in [-0.39, 0.29) is 21.7 Å². The van der Waals surface area contributed by atoms with Crippen molar-refractivity contribution in [3.05, 3.63) is 411 Å². The van der Waals surface area contributed by atoms with Gasteiger partial charge in [0.25, 0.3) is 0 Å². The lowest BCUT2D eigenvalue weighted by molar-refractivity contribution is 0.590. The zero-order valence-corrected chi connectivity index (χ0v) is 76.3. The van der Waals surface area contributed by atoms with E-state index in [0.29, 0.717) is 0 Å². The molecule has 0 amide bonds. The standard InChI is InChI=1S/C66H57N.C60H53N/c1-8-67-61-37-31-51(44-17-13-10-14-18-44)39-57(61)58-40-52(32-38-62(58)67)48-25-29-50(30-26-48)64-56-36-34-53(65(2,3)4)41-59(56)63(55-35-33-54(42-60(55)64)66(5,6)7)49-27-23-47(24-28-49)46-21-19-45(20-22-46)43-15-11-9-12-16-43;1-8-61-55-33-27-45(40-17-13-10-14-18-40)35-51(55)52-36-46(28-34-56(52)61)42-21-25-44(26-22-42)58-50-32-30-47(59(2,3)4)37-53(50)57(49-31-29-48(38-54(49)58)60(5,6)7)43-23-19-41(20-24-43)39-15-11-9-12-16-39/h9-42H,8H2,1-7H3;9-38H,8H2,1-7H3. The van der Waals surface area contributed by atoms with Gasteiger partial charge in [-0.25, -0.2) is 0 Å². The van der Waals surface area contributed by atoms with Crippen LogP contribution in [0.15, 0.2) is 388 Å². The van der Waals surface area contributed by atoms with E-state index < -0.39 is 0 Å². The third kappa shape index (κ3) is 15.3. The molecule has 0 spiro atoms. The van der Waals surface area contributed by atoms with Gasteiger partial charge in [-0.05, 0) is 296 Å². The van der Waals surface area contributed by atoms with Crippen LogP contribution >= 0.6 is 0 Å². The average molecular weight is 1650 g/mol. The molecular weight excluding hydrogens is 1540 g/mol. The number of aromatic nitrogens is 2. The Labute approximate surface area is 755 Å². The van der Waals surface area contributed by atoms with Crippen molar-refractivity contribution in [1.82, 2.24) is 9.13 Å². The fourth-order valence-corrected chi connectivity index (χ4v) is 19.9. The first-order valence-electron chi connectivity index (χ1n) is 45.8. The maximum Gasteiger partial charge on any atom is 0.0491 e. The van der Waals surface area contributed by atoms with Crippen LogP contribution < -0.4 is 0 Å². The summed E-state index contributed by atoms with van der Waals surface area (Å²) in [5, 5.41) is 15.5. The van der Waals surface area contributed by atoms with Crippen molar-refractivity contribution in [2.24, 2.45) is 0 Å². The summed E-state index contributed by atoms with van der Waals surface area (Å²) in [6, 6.07) is 146. The van der Waals surface area contributed by atoms with Crippen molar-refractivity contribution in [2.45, 2.75) is 132 Å². The number of aryl methyl sites for hydroxylation is 2. The highest BCUT2D eigenvalue weighted by Gasteiger charge is 2.28. The summed E-state index contributed by atoms with van der Waals surface area (Å²) in [6.07, 6.45) is 0. The average Bonchev–Trinajstić information content (AvgIpc) is 1.05. The van der Waals surface area contributed by atoms with Crippen molar-refractivity contribution in [2.75, 3.05) is 0 Å². The van der Waals surface area contributed by atoms with E-state index in [4.69, 9.17) is 0 Å². The van der Waals surface area contributed by atoms with Gasteiger partial charge in [-0.2, -0.15) is 0 Å². The van der Waals surface area contributed by atoms with E-state index in [1.165, 1.54) is 231 Å². The van der Waals surface area contributed by atoms with E-state index in [9.17, 15) is 0 Å². The lowest BCUT2D eigenvalue weighted by atomic mass is 9.79. The second kappa shape index (κ2) is 32.7. The Bertz CT molecular complexity index is 7790. The summed E-state index contributed by atoms with van der Waals surface area (Å²) in [5.74, 6) is 0. The maximum absolute atomic E-state index is 2.48. The first-order chi connectivity index (χ1) is 61.9. The zero-order valence-electron chi connectivity index (χ0n) is 76.3. The Morgan fingerprint density at radius 2 is 0.312 bits per heavy atom. The zero-order chi connectivity index (χ0) is 88.1. The van der Waals surface area contributed by atoms with E-state index in [1.807, 2.05) is 0 Å². The Hall–Kier alpha value is -14.2. The summed E-state index contributed by atoms with van der Waals surface area (Å²) in [5.41, 5.74) is 37.7. The molecule has 0 fully saturated rings. The van der Waals surface area contributed by atoms with E-state index >= 15 is 0 Å². The molecule has 0 N–H and O–H groups in total. The highest BCUT2D eigenvalue weighted by molar-refractivity contribution is 6.24. The van der Waals surface area contributed by atoms with Crippen molar-refractivity contribution in [3.8, 4) is 122 Å². The molecule has 21 rings (SSSR count). The molecule has 21 aromatic rings. The molecular formula is C126H110N2. The van der Waals surface area contributed by atoms with Gasteiger partial charge in [0.1, 0.15) is 0 Å². The van der Waals surface area contributed by atoms with Gasteiger partial charge in [0, 0.05) is 56.7 Å². The van der Waals surface area contributed by atoms with Crippen LogP contribution in [0.2, 0.25) is 0 Å².